The molecule has 3 heteroatoms. The number of carbonyl (C=O) groups is 1. The van der Waals surface area contributed by atoms with Crippen LogP contribution in [-0.4, -0.2) is 11.9 Å². The van der Waals surface area contributed by atoms with E-state index in [9.17, 15) is 4.79 Å². The molecule has 3 nitrogen and oxygen atoms in total. The van der Waals surface area contributed by atoms with Crippen LogP contribution >= 0.6 is 0 Å². The summed E-state index contributed by atoms with van der Waals surface area (Å²) in [6.45, 7) is 3.50. The van der Waals surface area contributed by atoms with E-state index in [0.29, 0.717) is 6.42 Å². The van der Waals surface area contributed by atoms with Gasteiger partial charge in [0.15, 0.2) is 11.9 Å². The second-order valence-electron chi connectivity index (χ2n) is 3.69. The van der Waals surface area contributed by atoms with Gasteiger partial charge in [0.05, 0.1) is 0 Å². The molecule has 0 saturated carbocycles. The number of benzene rings is 1. The van der Waals surface area contributed by atoms with E-state index in [1.807, 2.05) is 19.1 Å². The number of Topliss-reactive ketones (excluding diaryl/α,β-unsaturated/α-hetero) is 1. The molecule has 1 atom stereocenters. The van der Waals surface area contributed by atoms with Crippen LogP contribution in [0.3, 0.4) is 0 Å². The quantitative estimate of drug-likeness (QED) is 0.684. The number of nitrogens with two attached hydrogens (primary N) is 1. The molecule has 1 aromatic carbocycles. The average molecular weight is 191 g/mol. The van der Waals surface area contributed by atoms with E-state index in [1.54, 1.807) is 6.92 Å². The van der Waals surface area contributed by atoms with Crippen LogP contribution < -0.4 is 10.5 Å². The van der Waals surface area contributed by atoms with Gasteiger partial charge in [0.1, 0.15) is 5.75 Å². The molecule has 0 fully saturated rings. The number of fused-ring (bicyclic) bond motifs is 1. The van der Waals surface area contributed by atoms with Crippen molar-refractivity contribution in [1.29, 1.82) is 0 Å². The zero-order valence-electron chi connectivity index (χ0n) is 8.33. The summed E-state index contributed by atoms with van der Waals surface area (Å²) in [4.78, 5) is 11.1. The molecule has 0 spiro atoms. The fourth-order valence-corrected chi connectivity index (χ4v) is 1.69. The van der Waals surface area contributed by atoms with Gasteiger partial charge in [-0.05, 0) is 25.5 Å². The predicted molar refractivity (Wildman–Crippen MR) is 54.4 cm³/mol. The van der Waals surface area contributed by atoms with Crippen LogP contribution in [-0.2, 0) is 11.2 Å². The first kappa shape index (κ1) is 9.06. The lowest BCUT2D eigenvalue weighted by Crippen LogP contribution is -2.22. The lowest BCUT2D eigenvalue weighted by molar-refractivity contribution is -0.122. The van der Waals surface area contributed by atoms with Crippen molar-refractivity contribution in [2.24, 2.45) is 0 Å². The van der Waals surface area contributed by atoms with Gasteiger partial charge in [-0.25, -0.2) is 0 Å². The second kappa shape index (κ2) is 3.01. The Balaban J connectivity index is 2.40. The number of aryl methyl sites for hydroxylation is 1. The Morgan fingerprint density at radius 3 is 2.93 bits per heavy atom. The molecule has 0 bridgehead atoms. The van der Waals surface area contributed by atoms with Crippen LogP contribution in [0.15, 0.2) is 12.1 Å². The van der Waals surface area contributed by atoms with E-state index in [-0.39, 0.29) is 11.9 Å². The SMILES string of the molecule is CC(=O)C1Cc2c(ccc(C)c2N)O1. The second-order valence-corrected chi connectivity index (χ2v) is 3.69. The minimum atomic E-state index is -0.339. The van der Waals surface area contributed by atoms with Crippen molar-refractivity contribution in [3.63, 3.8) is 0 Å². The minimum Gasteiger partial charge on any atom is -0.482 e. The van der Waals surface area contributed by atoms with E-state index in [1.165, 1.54) is 0 Å². The summed E-state index contributed by atoms with van der Waals surface area (Å²) in [5, 5.41) is 0. The normalized spacial score (nSPS) is 18.9. The largest absolute Gasteiger partial charge is 0.482 e. The molecular formula is C11H13NO2. The molecule has 1 aromatic rings. The lowest BCUT2D eigenvalue weighted by Gasteiger charge is -2.05. The first-order chi connectivity index (χ1) is 6.59. The molecule has 0 aliphatic carbocycles. The molecule has 1 unspecified atom stereocenters. The monoisotopic (exact) mass is 191 g/mol. The van der Waals surface area contributed by atoms with Crippen LogP contribution in [0.25, 0.3) is 0 Å². The Labute approximate surface area is 82.9 Å². The summed E-state index contributed by atoms with van der Waals surface area (Å²) < 4.78 is 5.47. The van der Waals surface area contributed by atoms with E-state index in [0.717, 1.165) is 22.6 Å². The van der Waals surface area contributed by atoms with Crippen molar-refractivity contribution in [3.8, 4) is 5.75 Å². The molecule has 2 N–H and O–H groups in total. The van der Waals surface area contributed by atoms with Gasteiger partial charge >= 0.3 is 0 Å². The van der Waals surface area contributed by atoms with Crippen molar-refractivity contribution >= 4 is 11.5 Å². The standard InChI is InChI=1S/C11H13NO2/c1-6-3-4-9-8(11(6)12)5-10(14-9)7(2)13/h3-4,10H,5,12H2,1-2H3. The highest BCUT2D eigenvalue weighted by Gasteiger charge is 2.28. The Morgan fingerprint density at radius 1 is 1.57 bits per heavy atom. The van der Waals surface area contributed by atoms with Gasteiger partial charge < -0.3 is 10.5 Å². The predicted octanol–water partition coefficient (Wildman–Crippen LogP) is 1.47. The van der Waals surface area contributed by atoms with E-state index in [4.69, 9.17) is 10.5 Å². The Bertz CT molecular complexity index is 399. The molecule has 1 heterocycles. The van der Waals surface area contributed by atoms with Crippen LogP contribution in [0.4, 0.5) is 5.69 Å². The molecule has 0 amide bonds. The number of hydrogen-bond donors (Lipinski definition) is 1. The van der Waals surface area contributed by atoms with Crippen molar-refractivity contribution in [1.82, 2.24) is 0 Å². The van der Waals surface area contributed by atoms with Crippen LogP contribution in [0, 0.1) is 6.92 Å². The molecule has 1 aliphatic heterocycles. The van der Waals surface area contributed by atoms with Crippen LogP contribution in [0.2, 0.25) is 0 Å². The Hall–Kier alpha value is -1.51. The lowest BCUT2D eigenvalue weighted by atomic mass is 10.0. The van der Waals surface area contributed by atoms with E-state index >= 15 is 0 Å². The van der Waals surface area contributed by atoms with Gasteiger partial charge in [-0.3, -0.25) is 4.79 Å². The fraction of sp³-hybridized carbons (Fsp3) is 0.364. The number of carbonyl (C=O) groups excluding carboxylic acids is 1. The van der Waals surface area contributed by atoms with Crippen LogP contribution in [0.1, 0.15) is 18.1 Å². The van der Waals surface area contributed by atoms with Gasteiger partial charge in [-0.1, -0.05) is 6.07 Å². The van der Waals surface area contributed by atoms with Gasteiger partial charge in [-0.2, -0.15) is 0 Å². The Kier molecular flexibility index (Phi) is 1.95. The van der Waals surface area contributed by atoms with E-state index in [2.05, 4.69) is 0 Å². The fourth-order valence-electron chi connectivity index (χ4n) is 1.69. The summed E-state index contributed by atoms with van der Waals surface area (Å²) in [6.07, 6.45) is 0.271. The zero-order valence-corrected chi connectivity index (χ0v) is 8.33. The van der Waals surface area contributed by atoms with Gasteiger partial charge in [-0.15, -0.1) is 0 Å². The van der Waals surface area contributed by atoms with E-state index < -0.39 is 0 Å². The number of ether oxygens (including phenoxy) is 1. The molecule has 0 aromatic heterocycles. The molecule has 2 rings (SSSR count). The molecular weight excluding hydrogens is 178 g/mol. The first-order valence-corrected chi connectivity index (χ1v) is 4.64. The molecule has 14 heavy (non-hydrogen) atoms. The van der Waals surface area contributed by atoms with Gasteiger partial charge in [0.25, 0.3) is 0 Å². The van der Waals surface area contributed by atoms with Crippen molar-refractivity contribution in [2.45, 2.75) is 26.4 Å². The summed E-state index contributed by atoms with van der Waals surface area (Å²) >= 11 is 0. The first-order valence-electron chi connectivity index (χ1n) is 4.64. The third kappa shape index (κ3) is 1.25. The number of ketones is 1. The number of nitrogen functional groups attached to an aromatic ring is 1. The third-order valence-electron chi connectivity index (χ3n) is 2.64. The summed E-state index contributed by atoms with van der Waals surface area (Å²) in [5.41, 5.74) is 8.68. The maximum atomic E-state index is 11.1. The zero-order chi connectivity index (χ0) is 10.3. The number of anilines is 1. The van der Waals surface area contributed by atoms with Gasteiger partial charge in [0, 0.05) is 17.7 Å². The average Bonchev–Trinajstić information content (AvgIpc) is 2.56. The maximum Gasteiger partial charge on any atom is 0.170 e. The van der Waals surface area contributed by atoms with Crippen LogP contribution in [0.5, 0.6) is 5.75 Å². The maximum absolute atomic E-state index is 11.1. The summed E-state index contributed by atoms with van der Waals surface area (Å²) in [6, 6.07) is 3.79. The molecule has 74 valence electrons. The highest BCUT2D eigenvalue weighted by molar-refractivity contribution is 5.83. The van der Waals surface area contributed by atoms with Gasteiger partial charge in [0.2, 0.25) is 0 Å². The van der Waals surface area contributed by atoms with Crippen molar-refractivity contribution in [3.05, 3.63) is 23.3 Å². The molecule has 0 radical (unpaired) electrons. The smallest absolute Gasteiger partial charge is 0.170 e. The summed E-state index contributed by atoms with van der Waals surface area (Å²) in [5.74, 6) is 0.812. The molecule has 0 saturated heterocycles. The molecule has 1 aliphatic rings. The highest BCUT2D eigenvalue weighted by Crippen LogP contribution is 2.35. The highest BCUT2D eigenvalue weighted by atomic mass is 16.5. The number of rotatable bonds is 1. The number of hydrogen-bond acceptors (Lipinski definition) is 3. The Morgan fingerprint density at radius 2 is 2.29 bits per heavy atom. The topological polar surface area (TPSA) is 52.3 Å². The van der Waals surface area contributed by atoms with Crippen molar-refractivity contribution in [2.75, 3.05) is 5.73 Å². The minimum absolute atomic E-state index is 0.0539. The van der Waals surface area contributed by atoms with Crippen molar-refractivity contribution < 1.29 is 9.53 Å². The third-order valence-corrected chi connectivity index (χ3v) is 2.64. The summed E-state index contributed by atoms with van der Waals surface area (Å²) in [7, 11) is 0.